The van der Waals surface area contributed by atoms with Crippen molar-refractivity contribution < 1.29 is 0 Å². The summed E-state index contributed by atoms with van der Waals surface area (Å²) in [6.07, 6.45) is 11.2. The van der Waals surface area contributed by atoms with Crippen molar-refractivity contribution in [2.75, 3.05) is 0 Å². The second kappa shape index (κ2) is 9.25. The molecule has 0 aromatic heterocycles. The molecule has 0 aliphatic heterocycles. The van der Waals surface area contributed by atoms with Gasteiger partial charge in [-0.15, -0.1) is 0 Å². The lowest BCUT2D eigenvalue weighted by atomic mass is 9.98. The van der Waals surface area contributed by atoms with Gasteiger partial charge in [0.1, 0.15) is 0 Å². The van der Waals surface area contributed by atoms with Crippen molar-refractivity contribution in [3.63, 3.8) is 0 Å². The van der Waals surface area contributed by atoms with Crippen LogP contribution < -0.4 is 0 Å². The van der Waals surface area contributed by atoms with Crippen LogP contribution in [0.4, 0.5) is 0 Å². The standard InChI is InChI=1S/C16H12.3C2H6/c1-3-11-7-15-9-13-5-2-6-14(13)10-16(15)8-12(11)4-1;3*1-2/h1-3,6-10H,4-5H2;3*1-2H3. The van der Waals surface area contributed by atoms with E-state index in [9.17, 15) is 0 Å². The molecule has 0 saturated carbocycles. The van der Waals surface area contributed by atoms with Gasteiger partial charge in [0.05, 0.1) is 0 Å². The molecule has 0 atom stereocenters. The molecule has 0 amide bonds. The number of benzene rings is 2. The van der Waals surface area contributed by atoms with Crippen LogP contribution in [0, 0.1) is 0 Å². The number of hydrogen-bond donors (Lipinski definition) is 0. The van der Waals surface area contributed by atoms with Gasteiger partial charge in [0.25, 0.3) is 0 Å². The maximum atomic E-state index is 2.34. The van der Waals surface area contributed by atoms with Crippen molar-refractivity contribution >= 4 is 22.9 Å². The molecular weight excluding hydrogens is 264 g/mol. The summed E-state index contributed by atoms with van der Waals surface area (Å²) >= 11 is 0. The highest BCUT2D eigenvalue weighted by atomic mass is 14.1. The van der Waals surface area contributed by atoms with Crippen LogP contribution in [0.1, 0.15) is 63.8 Å². The molecule has 0 heteroatoms. The van der Waals surface area contributed by atoms with Gasteiger partial charge in [0.15, 0.2) is 0 Å². The molecule has 0 nitrogen and oxygen atoms in total. The Bertz CT molecular complexity index is 598. The van der Waals surface area contributed by atoms with E-state index in [1.54, 1.807) is 0 Å². The molecule has 0 bridgehead atoms. The summed E-state index contributed by atoms with van der Waals surface area (Å²) in [7, 11) is 0. The molecule has 118 valence electrons. The monoisotopic (exact) mass is 294 g/mol. The predicted octanol–water partition coefficient (Wildman–Crippen LogP) is 7.06. The van der Waals surface area contributed by atoms with Gasteiger partial charge in [-0.05, 0) is 58.0 Å². The first-order chi connectivity index (χ1) is 10.9. The van der Waals surface area contributed by atoms with Crippen LogP contribution in [0.2, 0.25) is 0 Å². The zero-order chi connectivity index (χ0) is 16.5. The first kappa shape index (κ1) is 18.2. The van der Waals surface area contributed by atoms with Crippen molar-refractivity contribution in [3.05, 3.63) is 58.7 Å². The number of hydrogen-bond acceptors (Lipinski definition) is 0. The van der Waals surface area contributed by atoms with E-state index in [0.29, 0.717) is 0 Å². The Hall–Kier alpha value is -1.82. The molecular formula is C22H30. The molecule has 0 fully saturated rings. The fourth-order valence-corrected chi connectivity index (χ4v) is 2.77. The van der Waals surface area contributed by atoms with Gasteiger partial charge in [-0.2, -0.15) is 0 Å². The van der Waals surface area contributed by atoms with Gasteiger partial charge < -0.3 is 0 Å². The molecule has 2 aliphatic carbocycles. The minimum absolute atomic E-state index is 1.10. The van der Waals surface area contributed by atoms with Crippen LogP contribution in [0.25, 0.3) is 22.9 Å². The lowest BCUT2D eigenvalue weighted by molar-refractivity contribution is 1.31. The van der Waals surface area contributed by atoms with E-state index in [2.05, 4.69) is 48.6 Å². The second-order valence-electron chi connectivity index (χ2n) is 4.66. The largest absolute Gasteiger partial charge is 0.0795 e. The van der Waals surface area contributed by atoms with E-state index < -0.39 is 0 Å². The van der Waals surface area contributed by atoms with Crippen LogP contribution in [-0.4, -0.2) is 0 Å². The quantitative estimate of drug-likeness (QED) is 0.488. The summed E-state index contributed by atoms with van der Waals surface area (Å²) in [5, 5.41) is 2.76. The van der Waals surface area contributed by atoms with Gasteiger partial charge in [0, 0.05) is 0 Å². The third kappa shape index (κ3) is 3.68. The molecule has 4 rings (SSSR count). The summed E-state index contributed by atoms with van der Waals surface area (Å²) in [4.78, 5) is 0. The summed E-state index contributed by atoms with van der Waals surface area (Å²) in [6, 6.07) is 9.34. The topological polar surface area (TPSA) is 0 Å². The van der Waals surface area contributed by atoms with Gasteiger partial charge in [-0.3, -0.25) is 0 Å². The molecule has 22 heavy (non-hydrogen) atoms. The Kier molecular flexibility index (Phi) is 7.66. The van der Waals surface area contributed by atoms with Crippen LogP contribution in [0.3, 0.4) is 0 Å². The smallest absolute Gasteiger partial charge is 0.00880 e. The SMILES string of the molecule is C1=Cc2cc3cc4c(cc3cc2C1)C=CC4.CC.CC.CC. The fraction of sp³-hybridized carbons (Fsp3) is 0.364. The Morgan fingerprint density at radius 1 is 0.545 bits per heavy atom. The average molecular weight is 294 g/mol. The van der Waals surface area contributed by atoms with Crippen LogP contribution >= 0.6 is 0 Å². The molecule has 0 radical (unpaired) electrons. The highest BCUT2D eigenvalue weighted by Crippen LogP contribution is 2.30. The third-order valence-electron chi connectivity index (χ3n) is 3.63. The van der Waals surface area contributed by atoms with E-state index in [1.165, 1.54) is 33.0 Å². The van der Waals surface area contributed by atoms with E-state index in [0.717, 1.165) is 12.8 Å². The number of rotatable bonds is 0. The lowest BCUT2D eigenvalue weighted by Crippen LogP contribution is -1.86. The minimum atomic E-state index is 1.10. The Morgan fingerprint density at radius 2 is 0.909 bits per heavy atom. The van der Waals surface area contributed by atoms with E-state index in [-0.39, 0.29) is 0 Å². The molecule has 2 aromatic carbocycles. The van der Waals surface area contributed by atoms with Crippen LogP contribution in [0.5, 0.6) is 0 Å². The van der Waals surface area contributed by atoms with Crippen molar-refractivity contribution in [2.24, 2.45) is 0 Å². The second-order valence-corrected chi connectivity index (χ2v) is 4.66. The fourth-order valence-electron chi connectivity index (χ4n) is 2.77. The average Bonchev–Trinajstić information content (AvgIpc) is 3.24. The molecule has 0 saturated heterocycles. The maximum absolute atomic E-state index is 2.34. The number of allylic oxidation sites excluding steroid dienone is 2. The Labute approximate surface area is 136 Å². The van der Waals surface area contributed by atoms with Crippen LogP contribution in [-0.2, 0) is 12.8 Å². The highest BCUT2D eigenvalue weighted by Gasteiger charge is 2.10. The maximum Gasteiger partial charge on any atom is -0.00880 e. The summed E-state index contributed by atoms with van der Waals surface area (Å²) < 4.78 is 0. The summed E-state index contributed by atoms with van der Waals surface area (Å²) in [5.74, 6) is 0. The van der Waals surface area contributed by atoms with Gasteiger partial charge >= 0.3 is 0 Å². The summed E-state index contributed by atoms with van der Waals surface area (Å²) in [6.45, 7) is 12.0. The molecule has 0 N–H and O–H groups in total. The number of fused-ring (bicyclic) bond motifs is 3. The molecule has 0 heterocycles. The molecule has 2 aromatic rings. The molecule has 0 unspecified atom stereocenters. The lowest BCUT2D eigenvalue weighted by Gasteiger charge is -2.06. The van der Waals surface area contributed by atoms with Crippen molar-refractivity contribution in [2.45, 2.75) is 54.4 Å². The van der Waals surface area contributed by atoms with Crippen molar-refractivity contribution in [3.8, 4) is 0 Å². The minimum Gasteiger partial charge on any atom is -0.0795 e. The van der Waals surface area contributed by atoms with E-state index in [1.807, 2.05) is 41.5 Å². The molecule has 0 spiro atoms. The Balaban J connectivity index is 0.000000365. The van der Waals surface area contributed by atoms with Crippen LogP contribution in [0.15, 0.2) is 36.4 Å². The molecule has 2 aliphatic rings. The highest BCUT2D eigenvalue weighted by molar-refractivity contribution is 5.90. The zero-order valence-corrected chi connectivity index (χ0v) is 15.0. The van der Waals surface area contributed by atoms with E-state index in [4.69, 9.17) is 0 Å². The first-order valence-electron chi connectivity index (χ1n) is 8.83. The van der Waals surface area contributed by atoms with Crippen molar-refractivity contribution in [1.82, 2.24) is 0 Å². The van der Waals surface area contributed by atoms with E-state index >= 15 is 0 Å². The first-order valence-corrected chi connectivity index (χ1v) is 8.83. The normalized spacial score (nSPS) is 12.3. The van der Waals surface area contributed by atoms with Crippen molar-refractivity contribution in [1.29, 1.82) is 0 Å². The Morgan fingerprint density at radius 3 is 1.27 bits per heavy atom. The third-order valence-corrected chi connectivity index (χ3v) is 3.63. The van der Waals surface area contributed by atoms with Gasteiger partial charge in [-0.1, -0.05) is 78.0 Å². The zero-order valence-electron chi connectivity index (χ0n) is 15.0. The summed E-state index contributed by atoms with van der Waals surface area (Å²) in [5.41, 5.74) is 5.74. The van der Waals surface area contributed by atoms with Gasteiger partial charge in [0.2, 0.25) is 0 Å². The predicted molar refractivity (Wildman–Crippen MR) is 103 cm³/mol. The van der Waals surface area contributed by atoms with Gasteiger partial charge in [-0.25, -0.2) is 0 Å².